The maximum absolute atomic E-state index is 14.3. The summed E-state index contributed by atoms with van der Waals surface area (Å²) < 4.78 is 53.0. The van der Waals surface area contributed by atoms with E-state index in [1.54, 1.807) is 6.07 Å². The van der Waals surface area contributed by atoms with Crippen LogP contribution in [0.3, 0.4) is 0 Å². The van der Waals surface area contributed by atoms with Gasteiger partial charge in [-0.1, -0.05) is 84.0 Å². The van der Waals surface area contributed by atoms with Crippen molar-refractivity contribution < 1.29 is 32.2 Å². The summed E-state index contributed by atoms with van der Waals surface area (Å²) in [4.78, 5) is 24.6. The third-order valence-electron chi connectivity index (χ3n) is 6.64. The van der Waals surface area contributed by atoms with Crippen LogP contribution in [-0.4, -0.2) is 37.8 Å². The number of allylic oxidation sites excluding steroid dienone is 5. The van der Waals surface area contributed by atoms with E-state index < -0.39 is 23.9 Å². The average Bonchev–Trinajstić information content (AvgIpc) is 2.90. The van der Waals surface area contributed by atoms with Gasteiger partial charge in [-0.05, 0) is 63.7 Å². The van der Waals surface area contributed by atoms with Gasteiger partial charge in [0, 0.05) is 19.6 Å². The number of benzene rings is 2. The van der Waals surface area contributed by atoms with E-state index >= 15 is 0 Å². The number of methoxy groups -OCH3 is 1. The summed E-state index contributed by atoms with van der Waals surface area (Å²) in [6.45, 7) is 9.24. The third kappa shape index (κ3) is 9.18. The Morgan fingerprint density at radius 1 is 1.05 bits per heavy atom. The first-order valence-corrected chi connectivity index (χ1v) is 13.6. The minimum absolute atomic E-state index is 0.115. The Bertz CT molecular complexity index is 1260. The fourth-order valence-electron chi connectivity index (χ4n) is 4.59. The molecule has 5 nitrogen and oxygen atoms in total. The van der Waals surface area contributed by atoms with E-state index in [1.807, 2.05) is 32.9 Å². The lowest BCUT2D eigenvalue weighted by molar-refractivity contribution is -0.278. The van der Waals surface area contributed by atoms with Crippen molar-refractivity contribution in [2.24, 2.45) is 0 Å². The molecule has 2 rings (SSSR count). The molecule has 2 aromatic carbocycles. The predicted octanol–water partition coefficient (Wildman–Crippen LogP) is 7.70. The zero-order valence-electron chi connectivity index (χ0n) is 24.6. The van der Waals surface area contributed by atoms with Gasteiger partial charge in [0.15, 0.2) is 0 Å². The van der Waals surface area contributed by atoms with Crippen molar-refractivity contribution in [3.8, 4) is 0 Å². The molecule has 0 unspecified atom stereocenters. The van der Waals surface area contributed by atoms with Crippen LogP contribution in [0.5, 0.6) is 0 Å². The van der Waals surface area contributed by atoms with E-state index in [2.05, 4.69) is 42.6 Å². The number of carbonyl (C=O) groups excluding carboxylic acids is 2. The van der Waals surface area contributed by atoms with Gasteiger partial charge in [-0.25, -0.2) is 4.79 Å². The van der Waals surface area contributed by atoms with Gasteiger partial charge in [-0.2, -0.15) is 13.2 Å². The quantitative estimate of drug-likeness (QED) is 0.152. The molecule has 1 N–H and O–H groups in total. The Balaban J connectivity index is 2.17. The van der Waals surface area contributed by atoms with Crippen LogP contribution >= 0.6 is 0 Å². The van der Waals surface area contributed by atoms with Crippen LogP contribution in [0.15, 0.2) is 72.3 Å². The van der Waals surface area contributed by atoms with Gasteiger partial charge >= 0.3 is 12.1 Å². The number of hydrogen-bond donors (Lipinski definition) is 1. The zero-order chi connectivity index (χ0) is 30.6. The van der Waals surface area contributed by atoms with Crippen molar-refractivity contribution in [2.75, 3.05) is 13.7 Å². The minimum atomic E-state index is -5.08. The van der Waals surface area contributed by atoms with E-state index in [0.717, 1.165) is 29.4 Å². The molecule has 0 heterocycles. The van der Waals surface area contributed by atoms with Crippen molar-refractivity contribution in [3.05, 3.63) is 94.6 Å². The summed E-state index contributed by atoms with van der Waals surface area (Å²) in [6.07, 6.45) is 3.51. The number of esters is 1. The van der Waals surface area contributed by atoms with Crippen LogP contribution in [0.2, 0.25) is 0 Å². The van der Waals surface area contributed by atoms with Gasteiger partial charge in [0.2, 0.25) is 5.91 Å². The van der Waals surface area contributed by atoms with Crippen LogP contribution in [0.4, 0.5) is 13.2 Å². The Labute approximate surface area is 241 Å². The first-order chi connectivity index (χ1) is 19.3. The molecule has 2 atom stereocenters. The first-order valence-electron chi connectivity index (χ1n) is 13.6. The Morgan fingerprint density at radius 3 is 2.32 bits per heavy atom. The lowest BCUT2D eigenvalue weighted by atomic mass is 9.92. The second-order valence-corrected chi connectivity index (χ2v) is 10.0. The first kappa shape index (κ1) is 33.6. The minimum Gasteiger partial charge on any atom is -0.458 e. The van der Waals surface area contributed by atoms with E-state index in [4.69, 9.17) is 9.47 Å². The Morgan fingerprint density at radius 2 is 1.73 bits per heavy atom. The maximum atomic E-state index is 14.3. The second kappa shape index (κ2) is 15.4. The number of alkyl halides is 3. The molecule has 0 aliphatic carbocycles. The zero-order valence-corrected chi connectivity index (χ0v) is 24.6. The molecule has 0 aliphatic rings. The molecule has 0 aromatic heterocycles. The molecule has 8 heteroatoms. The van der Waals surface area contributed by atoms with Crippen molar-refractivity contribution >= 4 is 23.5 Å². The van der Waals surface area contributed by atoms with Gasteiger partial charge in [-0.15, -0.1) is 0 Å². The molecule has 222 valence electrons. The number of nitrogens with one attached hydrogen (secondary N) is 1. The number of halogens is 3. The van der Waals surface area contributed by atoms with Crippen molar-refractivity contribution in [2.45, 2.75) is 71.8 Å². The van der Waals surface area contributed by atoms with Gasteiger partial charge in [-0.3, -0.25) is 4.79 Å². The molecule has 1 amide bonds. The summed E-state index contributed by atoms with van der Waals surface area (Å²) in [6, 6.07) is 13.0. The van der Waals surface area contributed by atoms with Crippen LogP contribution in [0.1, 0.15) is 69.2 Å². The summed E-state index contributed by atoms with van der Waals surface area (Å²) in [5.74, 6) is -1.96. The molecular formula is C33H40F3NO4. The monoisotopic (exact) mass is 571 g/mol. The summed E-state index contributed by atoms with van der Waals surface area (Å²) in [5.41, 5.74) is 1.91. The van der Waals surface area contributed by atoms with Gasteiger partial charge in [0.05, 0.1) is 6.54 Å². The van der Waals surface area contributed by atoms with E-state index in [-0.39, 0.29) is 24.4 Å². The fourth-order valence-corrected chi connectivity index (χ4v) is 4.59. The van der Waals surface area contributed by atoms with Crippen LogP contribution in [0.25, 0.3) is 11.6 Å². The van der Waals surface area contributed by atoms with E-state index in [1.165, 1.54) is 36.8 Å². The van der Waals surface area contributed by atoms with E-state index in [0.29, 0.717) is 12.8 Å². The van der Waals surface area contributed by atoms with Crippen LogP contribution in [-0.2, 0) is 24.7 Å². The molecule has 0 saturated heterocycles. The van der Waals surface area contributed by atoms with Gasteiger partial charge < -0.3 is 14.8 Å². The lowest BCUT2D eigenvalue weighted by Crippen LogP contribution is -2.53. The number of amides is 1. The van der Waals surface area contributed by atoms with Crippen molar-refractivity contribution in [3.63, 3.8) is 0 Å². The highest BCUT2D eigenvalue weighted by Crippen LogP contribution is 2.43. The lowest BCUT2D eigenvalue weighted by Gasteiger charge is -2.33. The van der Waals surface area contributed by atoms with Crippen LogP contribution in [0, 0.1) is 6.92 Å². The third-order valence-corrected chi connectivity index (χ3v) is 6.64. The summed E-state index contributed by atoms with van der Waals surface area (Å²) in [5, 5.41) is 2.54. The maximum Gasteiger partial charge on any atom is 0.432 e. The van der Waals surface area contributed by atoms with E-state index in [9.17, 15) is 22.8 Å². The fraction of sp³-hybridized carbons (Fsp3) is 0.394. The standard InChI is InChI=1S/C33H40F3NO4/c1-7-13-27-21-24(3)18-19-30(27)25(4)20-23(2)14-11-12-17-29(22-37-26(5)38)41-31(39)32(40-6,33(34,35)36)28-15-9-8-10-16-28/h7-10,13-16,18-21,29H,11-12,17,22H2,1-6H3,(H,37,38)/b13-7-,23-14+,25-20-/t29-,32-/m0/s1. The molecule has 2 aromatic rings. The Kier molecular flexibility index (Phi) is 12.6. The second-order valence-electron chi connectivity index (χ2n) is 10.0. The molecule has 0 aliphatic heterocycles. The largest absolute Gasteiger partial charge is 0.458 e. The topological polar surface area (TPSA) is 64.6 Å². The SMILES string of the molecule is C/C=C\c1cc(C)ccc1/C(C)=C\C(C)=C\CCC[C@@H](CNC(C)=O)OC(=O)[C@@](OC)(c1ccccc1)C(F)(F)F. The van der Waals surface area contributed by atoms with Crippen LogP contribution < -0.4 is 5.32 Å². The van der Waals surface area contributed by atoms with Gasteiger partial charge in [0.1, 0.15) is 6.10 Å². The highest BCUT2D eigenvalue weighted by molar-refractivity contribution is 5.83. The number of unbranched alkanes of at least 4 members (excludes halogenated alkanes) is 1. The molecular weight excluding hydrogens is 531 g/mol. The number of carbonyl (C=O) groups is 2. The summed E-state index contributed by atoms with van der Waals surface area (Å²) in [7, 11) is 0.825. The highest BCUT2D eigenvalue weighted by Gasteiger charge is 2.64. The normalized spacial score (nSPS) is 15.0. The predicted molar refractivity (Wildman–Crippen MR) is 157 cm³/mol. The molecule has 0 radical (unpaired) electrons. The number of aryl methyl sites for hydroxylation is 1. The molecule has 0 spiro atoms. The molecule has 41 heavy (non-hydrogen) atoms. The molecule has 0 saturated carbocycles. The van der Waals surface area contributed by atoms with Crippen molar-refractivity contribution in [1.29, 1.82) is 0 Å². The average molecular weight is 572 g/mol. The Hall–Kier alpha value is -3.65. The number of hydrogen-bond acceptors (Lipinski definition) is 4. The molecule has 0 bridgehead atoms. The number of ether oxygens (including phenoxy) is 2. The summed E-state index contributed by atoms with van der Waals surface area (Å²) >= 11 is 0. The highest BCUT2D eigenvalue weighted by atomic mass is 19.4. The number of rotatable bonds is 13. The smallest absolute Gasteiger partial charge is 0.432 e. The molecule has 0 fully saturated rings. The van der Waals surface area contributed by atoms with Crippen molar-refractivity contribution in [1.82, 2.24) is 5.32 Å². The van der Waals surface area contributed by atoms with Gasteiger partial charge in [0.25, 0.3) is 5.60 Å².